The molecule has 0 radical (unpaired) electrons. The van der Waals surface area contributed by atoms with Crippen molar-refractivity contribution in [3.63, 3.8) is 0 Å². The van der Waals surface area contributed by atoms with E-state index in [2.05, 4.69) is 26.0 Å². The van der Waals surface area contributed by atoms with Gasteiger partial charge in [0.15, 0.2) is 11.5 Å². The second-order valence-electron chi connectivity index (χ2n) is 6.42. The summed E-state index contributed by atoms with van der Waals surface area (Å²) in [6.45, 7) is 8.84. The number of amides is 1. The first-order chi connectivity index (χ1) is 14.0. The summed E-state index contributed by atoms with van der Waals surface area (Å²) in [6.07, 6.45) is 0. The van der Waals surface area contributed by atoms with Gasteiger partial charge >= 0.3 is 0 Å². The van der Waals surface area contributed by atoms with Crippen LogP contribution in [-0.2, 0) is 0 Å². The van der Waals surface area contributed by atoms with E-state index in [4.69, 9.17) is 9.47 Å². The van der Waals surface area contributed by atoms with E-state index in [0.29, 0.717) is 36.2 Å². The number of anilines is 3. The van der Waals surface area contributed by atoms with Crippen LogP contribution in [0.1, 0.15) is 35.5 Å². The zero-order valence-electron chi connectivity index (χ0n) is 17.0. The Hall–Kier alpha value is -3.55. The fraction of sp³-hybridized carbons (Fsp3) is 0.286. The molecule has 0 fully saturated rings. The van der Waals surface area contributed by atoms with Crippen molar-refractivity contribution in [2.75, 3.05) is 23.8 Å². The quantitative estimate of drug-likeness (QED) is 0.528. The van der Waals surface area contributed by atoms with Gasteiger partial charge in [0.05, 0.1) is 18.9 Å². The summed E-state index contributed by atoms with van der Waals surface area (Å²) in [7, 11) is 0. The highest BCUT2D eigenvalue weighted by molar-refractivity contribution is 6.07. The fourth-order valence-electron chi connectivity index (χ4n) is 2.76. The Morgan fingerprint density at radius 1 is 1.00 bits per heavy atom. The molecule has 152 valence electrons. The molecule has 1 heterocycles. The topological polar surface area (TPSA) is 101 Å². The fourth-order valence-corrected chi connectivity index (χ4v) is 2.76. The zero-order valence-corrected chi connectivity index (χ0v) is 17.0. The van der Waals surface area contributed by atoms with Gasteiger partial charge in [-0.1, -0.05) is 6.07 Å². The van der Waals surface area contributed by atoms with Gasteiger partial charge in [0.1, 0.15) is 11.5 Å². The molecule has 8 nitrogen and oxygen atoms in total. The minimum Gasteiger partial charge on any atom is -0.494 e. The Bertz CT molecular complexity index is 1000. The molecule has 0 bridgehead atoms. The molecule has 1 aromatic heterocycles. The highest BCUT2D eigenvalue weighted by Crippen LogP contribution is 2.30. The number of carbonyl (C=O) groups is 1. The second-order valence-corrected chi connectivity index (χ2v) is 6.42. The van der Waals surface area contributed by atoms with Crippen molar-refractivity contribution >= 4 is 23.1 Å². The molecule has 2 aromatic carbocycles. The molecule has 0 aliphatic heterocycles. The molecule has 0 spiro atoms. The molecular weight excluding hydrogens is 370 g/mol. The van der Waals surface area contributed by atoms with Crippen LogP contribution in [0.15, 0.2) is 36.4 Å². The van der Waals surface area contributed by atoms with Crippen LogP contribution in [0.4, 0.5) is 17.2 Å². The number of rotatable bonds is 8. The Labute approximate surface area is 169 Å². The number of nitrogens with one attached hydrogen (secondary N) is 3. The Balaban J connectivity index is 1.82. The third kappa shape index (κ3) is 4.84. The van der Waals surface area contributed by atoms with E-state index in [0.717, 1.165) is 11.3 Å². The van der Waals surface area contributed by atoms with Crippen molar-refractivity contribution < 1.29 is 14.3 Å². The van der Waals surface area contributed by atoms with Crippen LogP contribution in [-0.4, -0.2) is 34.5 Å². The first-order valence-electron chi connectivity index (χ1n) is 9.47. The van der Waals surface area contributed by atoms with Crippen LogP contribution >= 0.6 is 0 Å². The standard InChI is InChI=1S/C21H25N5O3/c1-5-28-16-9-10-18(29-6-2)17(12-16)23-21(27)19-20(25-26-24-19)22-15-8-7-13(3)14(4)11-15/h7-12H,5-6H2,1-4H3,(H,23,27)(H2,22,24,25,26). The lowest BCUT2D eigenvalue weighted by Crippen LogP contribution is -2.15. The van der Waals surface area contributed by atoms with Crippen LogP contribution in [0, 0.1) is 13.8 Å². The zero-order chi connectivity index (χ0) is 20.8. The van der Waals surface area contributed by atoms with Gasteiger partial charge in [-0.05, 0) is 63.1 Å². The molecular formula is C21H25N5O3. The first kappa shape index (κ1) is 20.2. The van der Waals surface area contributed by atoms with E-state index in [9.17, 15) is 4.79 Å². The van der Waals surface area contributed by atoms with Crippen molar-refractivity contribution in [1.82, 2.24) is 15.4 Å². The summed E-state index contributed by atoms with van der Waals surface area (Å²) < 4.78 is 11.1. The van der Waals surface area contributed by atoms with Crippen LogP contribution in [0.25, 0.3) is 0 Å². The predicted molar refractivity (Wildman–Crippen MR) is 112 cm³/mol. The summed E-state index contributed by atoms with van der Waals surface area (Å²) in [4.78, 5) is 12.9. The number of hydrogen-bond donors (Lipinski definition) is 3. The average molecular weight is 395 g/mol. The maximum atomic E-state index is 12.9. The highest BCUT2D eigenvalue weighted by Gasteiger charge is 2.19. The monoisotopic (exact) mass is 395 g/mol. The van der Waals surface area contributed by atoms with Crippen LogP contribution < -0.4 is 20.1 Å². The number of carbonyl (C=O) groups excluding carboxylic acids is 1. The molecule has 8 heteroatoms. The third-order valence-electron chi connectivity index (χ3n) is 4.34. The molecule has 0 aliphatic rings. The summed E-state index contributed by atoms with van der Waals surface area (Å²) in [5.41, 5.74) is 3.80. The smallest absolute Gasteiger partial charge is 0.280 e. The van der Waals surface area contributed by atoms with E-state index in [-0.39, 0.29) is 5.69 Å². The SMILES string of the molecule is CCOc1ccc(OCC)c(NC(=O)c2n[nH]nc2Nc2ccc(C)c(C)c2)c1. The maximum absolute atomic E-state index is 12.9. The molecule has 0 saturated carbocycles. The Morgan fingerprint density at radius 2 is 1.79 bits per heavy atom. The second kappa shape index (κ2) is 9.09. The minimum absolute atomic E-state index is 0.146. The van der Waals surface area contributed by atoms with E-state index in [1.54, 1.807) is 18.2 Å². The van der Waals surface area contributed by atoms with Gasteiger partial charge in [-0.15, -0.1) is 10.2 Å². The van der Waals surface area contributed by atoms with Gasteiger partial charge in [-0.2, -0.15) is 5.21 Å². The van der Waals surface area contributed by atoms with E-state index in [1.165, 1.54) is 5.56 Å². The van der Waals surface area contributed by atoms with Gasteiger partial charge < -0.3 is 20.1 Å². The van der Waals surface area contributed by atoms with Gasteiger partial charge in [0.25, 0.3) is 5.91 Å². The summed E-state index contributed by atoms with van der Waals surface area (Å²) in [6, 6.07) is 11.2. The normalized spacial score (nSPS) is 10.5. The summed E-state index contributed by atoms with van der Waals surface area (Å²) in [5.74, 6) is 1.11. The lowest BCUT2D eigenvalue weighted by atomic mass is 10.1. The van der Waals surface area contributed by atoms with Crippen LogP contribution in [0.2, 0.25) is 0 Å². The molecule has 1 amide bonds. The number of aromatic amines is 1. The van der Waals surface area contributed by atoms with Gasteiger partial charge in [0.2, 0.25) is 0 Å². The van der Waals surface area contributed by atoms with Crippen molar-refractivity contribution in [2.45, 2.75) is 27.7 Å². The number of aromatic nitrogens is 3. The van der Waals surface area contributed by atoms with Gasteiger partial charge in [-0.3, -0.25) is 4.79 Å². The number of ether oxygens (including phenoxy) is 2. The van der Waals surface area contributed by atoms with Crippen LogP contribution in [0.5, 0.6) is 11.5 Å². The average Bonchev–Trinajstić information content (AvgIpc) is 3.15. The Kier molecular flexibility index (Phi) is 6.33. The predicted octanol–water partition coefficient (Wildman–Crippen LogP) is 4.21. The molecule has 0 aliphatic carbocycles. The molecule has 3 N–H and O–H groups in total. The Morgan fingerprint density at radius 3 is 2.52 bits per heavy atom. The van der Waals surface area contributed by atoms with E-state index >= 15 is 0 Å². The van der Waals surface area contributed by atoms with Gasteiger partial charge in [-0.25, -0.2) is 0 Å². The number of hydrogen-bond acceptors (Lipinski definition) is 6. The minimum atomic E-state index is -0.417. The molecule has 3 aromatic rings. The largest absolute Gasteiger partial charge is 0.494 e. The van der Waals surface area contributed by atoms with E-state index < -0.39 is 5.91 Å². The number of H-pyrrole nitrogens is 1. The van der Waals surface area contributed by atoms with Crippen molar-refractivity contribution in [3.05, 3.63) is 53.2 Å². The summed E-state index contributed by atoms with van der Waals surface area (Å²) >= 11 is 0. The lowest BCUT2D eigenvalue weighted by Gasteiger charge is -2.13. The van der Waals surface area contributed by atoms with Crippen molar-refractivity contribution in [1.29, 1.82) is 0 Å². The number of nitrogens with zero attached hydrogens (tertiary/aromatic N) is 2. The number of benzene rings is 2. The summed E-state index contributed by atoms with van der Waals surface area (Å²) in [5, 5.41) is 16.5. The maximum Gasteiger partial charge on any atom is 0.280 e. The van der Waals surface area contributed by atoms with Crippen LogP contribution in [0.3, 0.4) is 0 Å². The molecule has 3 rings (SSSR count). The lowest BCUT2D eigenvalue weighted by molar-refractivity contribution is 0.102. The van der Waals surface area contributed by atoms with Crippen molar-refractivity contribution in [3.8, 4) is 11.5 Å². The first-order valence-corrected chi connectivity index (χ1v) is 9.47. The molecule has 0 atom stereocenters. The highest BCUT2D eigenvalue weighted by atomic mass is 16.5. The number of aryl methyl sites for hydroxylation is 2. The molecule has 0 unspecified atom stereocenters. The molecule has 29 heavy (non-hydrogen) atoms. The van der Waals surface area contributed by atoms with Gasteiger partial charge in [0, 0.05) is 11.8 Å². The van der Waals surface area contributed by atoms with Crippen molar-refractivity contribution in [2.24, 2.45) is 0 Å². The third-order valence-corrected chi connectivity index (χ3v) is 4.34. The van der Waals surface area contributed by atoms with E-state index in [1.807, 2.05) is 45.9 Å². The molecule has 0 saturated heterocycles.